The molecule has 0 saturated carbocycles. The van der Waals surface area contributed by atoms with Crippen LogP contribution in [0.25, 0.3) is 0 Å². The highest BCUT2D eigenvalue weighted by molar-refractivity contribution is 9.11. The zero-order valence-corrected chi connectivity index (χ0v) is 12.7. The SMILES string of the molecule is ClCCC1CCN(c2ncc(Br)cc2Br)C1. The first-order valence-corrected chi connectivity index (χ1v) is 7.44. The van der Waals surface area contributed by atoms with Crippen molar-refractivity contribution in [1.29, 1.82) is 0 Å². The second kappa shape index (κ2) is 5.69. The molecule has 1 aliphatic rings. The van der Waals surface area contributed by atoms with Gasteiger partial charge in [0.05, 0.1) is 4.47 Å². The quantitative estimate of drug-likeness (QED) is 0.748. The average Bonchev–Trinajstić information content (AvgIpc) is 2.67. The van der Waals surface area contributed by atoms with Gasteiger partial charge < -0.3 is 4.90 Å². The van der Waals surface area contributed by atoms with Gasteiger partial charge in [-0.05, 0) is 56.7 Å². The highest BCUT2D eigenvalue weighted by Gasteiger charge is 2.24. The Morgan fingerprint density at radius 1 is 1.50 bits per heavy atom. The van der Waals surface area contributed by atoms with Crippen molar-refractivity contribution in [3.8, 4) is 0 Å². The van der Waals surface area contributed by atoms with Gasteiger partial charge in [-0.25, -0.2) is 4.98 Å². The number of halogens is 3. The van der Waals surface area contributed by atoms with Crippen LogP contribution in [0.1, 0.15) is 12.8 Å². The molecule has 0 radical (unpaired) electrons. The minimum atomic E-state index is 0.717. The van der Waals surface area contributed by atoms with Crippen LogP contribution in [0.5, 0.6) is 0 Å². The van der Waals surface area contributed by atoms with E-state index in [4.69, 9.17) is 11.6 Å². The number of hydrogen-bond acceptors (Lipinski definition) is 2. The van der Waals surface area contributed by atoms with Crippen LogP contribution >= 0.6 is 43.5 Å². The highest BCUT2D eigenvalue weighted by atomic mass is 79.9. The summed E-state index contributed by atoms with van der Waals surface area (Å²) in [6.07, 6.45) is 4.16. The summed E-state index contributed by atoms with van der Waals surface area (Å²) in [4.78, 5) is 6.78. The number of hydrogen-bond donors (Lipinski definition) is 0. The fourth-order valence-corrected chi connectivity index (χ4v) is 3.60. The van der Waals surface area contributed by atoms with E-state index in [1.165, 1.54) is 6.42 Å². The zero-order chi connectivity index (χ0) is 11.5. The molecular weight excluding hydrogens is 355 g/mol. The number of nitrogens with zero attached hydrogens (tertiary/aromatic N) is 2. The molecule has 1 aliphatic heterocycles. The van der Waals surface area contributed by atoms with E-state index in [9.17, 15) is 0 Å². The van der Waals surface area contributed by atoms with E-state index in [2.05, 4.69) is 41.7 Å². The van der Waals surface area contributed by atoms with E-state index in [1.807, 2.05) is 12.3 Å². The van der Waals surface area contributed by atoms with Gasteiger partial charge in [0.15, 0.2) is 0 Å². The van der Waals surface area contributed by atoms with Gasteiger partial charge in [0.2, 0.25) is 0 Å². The molecule has 1 unspecified atom stereocenters. The van der Waals surface area contributed by atoms with Gasteiger partial charge in [-0.1, -0.05) is 0 Å². The average molecular weight is 369 g/mol. The van der Waals surface area contributed by atoms with Gasteiger partial charge in [0.1, 0.15) is 5.82 Å². The molecule has 2 rings (SSSR count). The van der Waals surface area contributed by atoms with E-state index in [1.54, 1.807) is 0 Å². The molecule has 0 amide bonds. The number of alkyl halides is 1. The summed E-state index contributed by atoms with van der Waals surface area (Å²) in [6.45, 7) is 2.15. The monoisotopic (exact) mass is 366 g/mol. The minimum Gasteiger partial charge on any atom is -0.355 e. The molecule has 5 heteroatoms. The lowest BCUT2D eigenvalue weighted by Gasteiger charge is -2.18. The van der Waals surface area contributed by atoms with Crippen molar-refractivity contribution in [2.45, 2.75) is 12.8 Å². The Bertz CT molecular complexity index is 373. The Morgan fingerprint density at radius 2 is 2.31 bits per heavy atom. The first kappa shape index (κ1) is 12.7. The summed E-state index contributed by atoms with van der Waals surface area (Å²) in [5.41, 5.74) is 0. The van der Waals surface area contributed by atoms with E-state index in [-0.39, 0.29) is 0 Å². The van der Waals surface area contributed by atoms with Crippen LogP contribution in [-0.2, 0) is 0 Å². The van der Waals surface area contributed by atoms with Crippen LogP contribution in [0.4, 0.5) is 5.82 Å². The first-order valence-electron chi connectivity index (χ1n) is 5.32. The summed E-state index contributed by atoms with van der Waals surface area (Å²) in [5, 5.41) is 0. The molecule has 1 fully saturated rings. The summed E-state index contributed by atoms with van der Waals surface area (Å²) in [5.74, 6) is 2.52. The van der Waals surface area contributed by atoms with Crippen LogP contribution in [-0.4, -0.2) is 24.0 Å². The molecular formula is C11H13Br2ClN2. The molecule has 16 heavy (non-hydrogen) atoms. The maximum absolute atomic E-state index is 5.78. The fourth-order valence-electron chi connectivity index (χ4n) is 2.06. The second-order valence-corrected chi connectivity index (χ2v) is 6.19. The van der Waals surface area contributed by atoms with Crippen molar-refractivity contribution < 1.29 is 0 Å². The fraction of sp³-hybridized carbons (Fsp3) is 0.545. The number of pyridine rings is 1. The van der Waals surface area contributed by atoms with Gasteiger partial charge in [-0.15, -0.1) is 11.6 Å². The van der Waals surface area contributed by atoms with Crippen molar-refractivity contribution in [1.82, 2.24) is 4.98 Å². The van der Waals surface area contributed by atoms with Gasteiger partial charge in [-0.3, -0.25) is 0 Å². The predicted octanol–water partition coefficient (Wildman–Crippen LogP) is 4.06. The predicted molar refractivity (Wildman–Crippen MR) is 75.3 cm³/mol. The van der Waals surface area contributed by atoms with Crippen LogP contribution in [0.3, 0.4) is 0 Å². The first-order chi connectivity index (χ1) is 7.70. The largest absolute Gasteiger partial charge is 0.355 e. The molecule has 0 spiro atoms. The molecule has 0 aliphatic carbocycles. The summed E-state index contributed by atoms with van der Waals surface area (Å²) >= 11 is 12.7. The van der Waals surface area contributed by atoms with Crippen LogP contribution in [0.15, 0.2) is 21.2 Å². The summed E-state index contributed by atoms with van der Waals surface area (Å²) in [7, 11) is 0. The Hall–Kier alpha value is 0.200. The molecule has 0 N–H and O–H groups in total. The van der Waals surface area contributed by atoms with Crippen molar-refractivity contribution in [3.63, 3.8) is 0 Å². The maximum Gasteiger partial charge on any atom is 0.142 e. The molecule has 1 aromatic heterocycles. The van der Waals surface area contributed by atoms with Crippen LogP contribution in [0, 0.1) is 5.92 Å². The third-order valence-corrected chi connectivity index (χ3v) is 4.13. The van der Waals surface area contributed by atoms with E-state index in [0.717, 1.165) is 46.1 Å². The zero-order valence-electron chi connectivity index (χ0n) is 8.80. The highest BCUT2D eigenvalue weighted by Crippen LogP contribution is 2.31. The van der Waals surface area contributed by atoms with E-state index >= 15 is 0 Å². The lowest BCUT2D eigenvalue weighted by Crippen LogP contribution is -2.21. The summed E-state index contributed by atoms with van der Waals surface area (Å²) < 4.78 is 2.05. The van der Waals surface area contributed by atoms with E-state index in [0.29, 0.717) is 0 Å². The standard InChI is InChI=1S/C11H13Br2ClN2/c12-9-5-10(13)11(15-6-9)16-4-2-8(7-16)1-3-14/h5-6,8H,1-4,7H2. The van der Waals surface area contributed by atoms with Crippen LogP contribution < -0.4 is 4.90 Å². The Kier molecular flexibility index (Phi) is 4.50. The Morgan fingerprint density at radius 3 is 3.00 bits per heavy atom. The van der Waals surface area contributed by atoms with Crippen molar-refractivity contribution >= 4 is 49.3 Å². The Balaban J connectivity index is 2.08. The number of anilines is 1. The van der Waals surface area contributed by atoms with Gasteiger partial charge in [-0.2, -0.15) is 0 Å². The van der Waals surface area contributed by atoms with Crippen LogP contribution in [0.2, 0.25) is 0 Å². The third kappa shape index (κ3) is 2.90. The second-order valence-electron chi connectivity index (χ2n) is 4.04. The summed E-state index contributed by atoms with van der Waals surface area (Å²) in [6, 6.07) is 2.04. The van der Waals surface area contributed by atoms with Gasteiger partial charge in [0.25, 0.3) is 0 Å². The minimum absolute atomic E-state index is 0.717. The molecule has 88 valence electrons. The Labute approximate surface area is 118 Å². The van der Waals surface area contributed by atoms with Crippen molar-refractivity contribution in [3.05, 3.63) is 21.2 Å². The van der Waals surface area contributed by atoms with Gasteiger partial charge in [0, 0.05) is 29.6 Å². The molecule has 1 saturated heterocycles. The third-order valence-electron chi connectivity index (χ3n) is 2.89. The number of aromatic nitrogens is 1. The molecule has 1 atom stereocenters. The van der Waals surface area contributed by atoms with Crippen molar-refractivity contribution in [2.75, 3.05) is 23.9 Å². The smallest absolute Gasteiger partial charge is 0.142 e. The normalized spacial score (nSPS) is 20.4. The van der Waals surface area contributed by atoms with Crippen molar-refractivity contribution in [2.24, 2.45) is 5.92 Å². The van der Waals surface area contributed by atoms with Gasteiger partial charge >= 0.3 is 0 Å². The maximum atomic E-state index is 5.78. The molecule has 0 aromatic carbocycles. The molecule has 1 aromatic rings. The lowest BCUT2D eigenvalue weighted by molar-refractivity contribution is 0.572. The number of rotatable bonds is 3. The topological polar surface area (TPSA) is 16.1 Å². The molecule has 0 bridgehead atoms. The van der Waals surface area contributed by atoms with E-state index < -0.39 is 0 Å². The molecule has 2 nitrogen and oxygen atoms in total. The molecule has 2 heterocycles. The lowest BCUT2D eigenvalue weighted by atomic mass is 10.1.